The second-order valence-corrected chi connectivity index (χ2v) is 6.02. The molecule has 17 heavy (non-hydrogen) atoms. The van der Waals surface area contributed by atoms with E-state index in [2.05, 4.69) is 37.9 Å². The predicted molar refractivity (Wildman–Crippen MR) is 75.3 cm³/mol. The summed E-state index contributed by atoms with van der Waals surface area (Å²) in [4.78, 5) is 4.91. The molecule has 0 aromatic rings. The highest BCUT2D eigenvalue weighted by Gasteiger charge is 2.39. The van der Waals surface area contributed by atoms with Gasteiger partial charge < -0.3 is 15.5 Å². The minimum absolute atomic E-state index is 0.398. The van der Waals surface area contributed by atoms with E-state index in [9.17, 15) is 0 Å². The molecule has 2 N–H and O–H groups in total. The number of nitrogens with zero attached hydrogens (tertiary/aromatic N) is 2. The van der Waals surface area contributed by atoms with Crippen LogP contribution in [0.4, 0.5) is 0 Å². The lowest BCUT2D eigenvalue weighted by Crippen LogP contribution is -2.56. The Balaban J connectivity index is 2.22. The highest BCUT2D eigenvalue weighted by molar-refractivity contribution is 4.97. The SMILES string of the molecule is CCC(N)CCCN(C)CC1(N(C)C)CCC1. The van der Waals surface area contributed by atoms with Gasteiger partial charge in [-0.3, -0.25) is 0 Å². The zero-order valence-electron chi connectivity index (χ0n) is 12.2. The van der Waals surface area contributed by atoms with E-state index >= 15 is 0 Å². The molecule has 0 heterocycles. The van der Waals surface area contributed by atoms with Crippen LogP contribution < -0.4 is 5.73 Å². The Labute approximate surface area is 107 Å². The topological polar surface area (TPSA) is 32.5 Å². The number of hydrogen-bond donors (Lipinski definition) is 1. The summed E-state index contributed by atoms with van der Waals surface area (Å²) in [5, 5.41) is 0. The van der Waals surface area contributed by atoms with Crippen molar-refractivity contribution in [2.75, 3.05) is 34.2 Å². The number of nitrogens with two attached hydrogens (primary N) is 1. The first kappa shape index (κ1) is 14.9. The summed E-state index contributed by atoms with van der Waals surface area (Å²) in [5.41, 5.74) is 6.41. The van der Waals surface area contributed by atoms with Gasteiger partial charge in [-0.2, -0.15) is 0 Å². The van der Waals surface area contributed by atoms with Crippen molar-refractivity contribution in [3.63, 3.8) is 0 Å². The molecule has 0 aromatic carbocycles. The van der Waals surface area contributed by atoms with Gasteiger partial charge in [0.25, 0.3) is 0 Å². The van der Waals surface area contributed by atoms with E-state index in [4.69, 9.17) is 5.73 Å². The van der Waals surface area contributed by atoms with Crippen LogP contribution >= 0.6 is 0 Å². The van der Waals surface area contributed by atoms with Crippen LogP contribution in [0.3, 0.4) is 0 Å². The third-order valence-corrected chi connectivity index (χ3v) is 4.44. The zero-order chi connectivity index (χ0) is 12.9. The fourth-order valence-electron chi connectivity index (χ4n) is 2.74. The van der Waals surface area contributed by atoms with Gasteiger partial charge in [-0.15, -0.1) is 0 Å². The first-order valence-electron chi connectivity index (χ1n) is 7.12. The fourth-order valence-corrected chi connectivity index (χ4v) is 2.74. The maximum Gasteiger partial charge on any atom is 0.0330 e. The van der Waals surface area contributed by atoms with Crippen molar-refractivity contribution in [2.45, 2.75) is 57.0 Å². The van der Waals surface area contributed by atoms with Crippen molar-refractivity contribution in [3.8, 4) is 0 Å². The highest BCUT2D eigenvalue weighted by Crippen LogP contribution is 2.36. The van der Waals surface area contributed by atoms with Gasteiger partial charge in [0.05, 0.1) is 0 Å². The lowest BCUT2D eigenvalue weighted by molar-refractivity contribution is 0.0274. The van der Waals surface area contributed by atoms with Crippen LogP contribution in [-0.4, -0.2) is 55.6 Å². The molecule has 0 radical (unpaired) electrons. The van der Waals surface area contributed by atoms with E-state index in [0.29, 0.717) is 11.6 Å². The Kier molecular flexibility index (Phi) is 5.90. The maximum absolute atomic E-state index is 5.95. The van der Waals surface area contributed by atoms with Gasteiger partial charge in [-0.25, -0.2) is 0 Å². The fraction of sp³-hybridized carbons (Fsp3) is 1.00. The molecule has 0 aromatic heterocycles. The summed E-state index contributed by atoms with van der Waals surface area (Å²) in [5.74, 6) is 0. The van der Waals surface area contributed by atoms with Crippen molar-refractivity contribution < 1.29 is 0 Å². The number of rotatable bonds is 8. The van der Waals surface area contributed by atoms with Crippen LogP contribution in [0.15, 0.2) is 0 Å². The summed E-state index contributed by atoms with van der Waals surface area (Å²) in [7, 11) is 6.70. The molecule has 0 bridgehead atoms. The Morgan fingerprint density at radius 3 is 2.29 bits per heavy atom. The normalized spacial score (nSPS) is 20.6. The minimum Gasteiger partial charge on any atom is -0.328 e. The largest absolute Gasteiger partial charge is 0.328 e. The van der Waals surface area contributed by atoms with Gasteiger partial charge in [0, 0.05) is 18.1 Å². The van der Waals surface area contributed by atoms with E-state index < -0.39 is 0 Å². The third-order valence-electron chi connectivity index (χ3n) is 4.44. The molecule has 1 unspecified atom stereocenters. The molecule has 1 atom stereocenters. The molecule has 1 saturated carbocycles. The van der Waals surface area contributed by atoms with Crippen molar-refractivity contribution in [2.24, 2.45) is 5.73 Å². The molecule has 1 aliphatic rings. The average molecular weight is 241 g/mol. The lowest BCUT2D eigenvalue weighted by Gasteiger charge is -2.49. The van der Waals surface area contributed by atoms with Crippen LogP contribution in [0.1, 0.15) is 45.4 Å². The number of likely N-dealkylation sites (N-methyl/N-ethyl adjacent to an activating group) is 2. The van der Waals surface area contributed by atoms with Crippen molar-refractivity contribution in [1.82, 2.24) is 9.80 Å². The molecule has 0 saturated heterocycles. The average Bonchev–Trinajstić information content (AvgIpc) is 2.22. The predicted octanol–water partition coefficient (Wildman–Crippen LogP) is 1.92. The standard InChI is InChI=1S/C14H31N3/c1-5-13(15)8-6-11-17(4)12-14(16(2)3)9-7-10-14/h13H,5-12,15H2,1-4H3. The molecule has 1 aliphatic carbocycles. The summed E-state index contributed by atoms with van der Waals surface area (Å²) in [6, 6.07) is 0.398. The van der Waals surface area contributed by atoms with Gasteiger partial charge in [-0.1, -0.05) is 6.92 Å². The summed E-state index contributed by atoms with van der Waals surface area (Å²) in [6.45, 7) is 4.56. The van der Waals surface area contributed by atoms with E-state index in [1.807, 2.05) is 0 Å². The zero-order valence-corrected chi connectivity index (χ0v) is 12.2. The second-order valence-electron chi connectivity index (χ2n) is 6.02. The van der Waals surface area contributed by atoms with E-state index in [-0.39, 0.29) is 0 Å². The monoisotopic (exact) mass is 241 g/mol. The van der Waals surface area contributed by atoms with Crippen molar-refractivity contribution in [3.05, 3.63) is 0 Å². The molecule has 0 amide bonds. The smallest absolute Gasteiger partial charge is 0.0330 e. The first-order valence-corrected chi connectivity index (χ1v) is 7.12. The molecule has 0 spiro atoms. The van der Waals surface area contributed by atoms with Crippen LogP contribution in [0.2, 0.25) is 0 Å². The Morgan fingerprint density at radius 2 is 1.88 bits per heavy atom. The van der Waals surface area contributed by atoms with Crippen LogP contribution in [0, 0.1) is 0 Å². The third kappa shape index (κ3) is 4.23. The van der Waals surface area contributed by atoms with Crippen LogP contribution in [-0.2, 0) is 0 Å². The van der Waals surface area contributed by atoms with Crippen LogP contribution in [0.25, 0.3) is 0 Å². The number of hydrogen-bond acceptors (Lipinski definition) is 3. The summed E-state index contributed by atoms with van der Waals surface area (Å²) >= 11 is 0. The minimum atomic E-state index is 0.398. The summed E-state index contributed by atoms with van der Waals surface area (Å²) in [6.07, 6.45) is 7.61. The molecule has 3 heteroatoms. The molecular weight excluding hydrogens is 210 g/mol. The molecular formula is C14H31N3. The van der Waals surface area contributed by atoms with Crippen molar-refractivity contribution >= 4 is 0 Å². The highest BCUT2D eigenvalue weighted by atomic mass is 15.2. The van der Waals surface area contributed by atoms with Gasteiger partial charge in [0.1, 0.15) is 0 Å². The maximum atomic E-state index is 5.95. The van der Waals surface area contributed by atoms with E-state index in [1.54, 1.807) is 0 Å². The molecule has 1 rings (SSSR count). The molecule has 3 nitrogen and oxygen atoms in total. The van der Waals surface area contributed by atoms with E-state index in [0.717, 1.165) is 12.8 Å². The van der Waals surface area contributed by atoms with Gasteiger partial charge in [0.2, 0.25) is 0 Å². The molecule has 1 fully saturated rings. The molecule has 0 aliphatic heterocycles. The van der Waals surface area contributed by atoms with Crippen LogP contribution in [0.5, 0.6) is 0 Å². The second kappa shape index (κ2) is 6.72. The molecule has 102 valence electrons. The Bertz CT molecular complexity index is 212. The van der Waals surface area contributed by atoms with Gasteiger partial charge in [-0.05, 0) is 66.2 Å². The summed E-state index contributed by atoms with van der Waals surface area (Å²) < 4.78 is 0. The lowest BCUT2D eigenvalue weighted by atomic mass is 9.75. The van der Waals surface area contributed by atoms with E-state index in [1.165, 1.54) is 38.8 Å². The Morgan fingerprint density at radius 1 is 1.24 bits per heavy atom. The first-order chi connectivity index (χ1) is 8.00. The quantitative estimate of drug-likeness (QED) is 0.705. The van der Waals surface area contributed by atoms with Gasteiger partial charge >= 0.3 is 0 Å². The Hall–Kier alpha value is -0.120. The van der Waals surface area contributed by atoms with Crippen molar-refractivity contribution in [1.29, 1.82) is 0 Å². The van der Waals surface area contributed by atoms with Gasteiger partial charge in [0.15, 0.2) is 0 Å².